The molecule has 29 heavy (non-hydrogen) atoms. The minimum absolute atomic E-state index is 0.0298. The number of anilines is 1. The largest absolute Gasteiger partial charge is 0.510 e. The van der Waals surface area contributed by atoms with Gasteiger partial charge in [-0.05, 0) is 25.8 Å². The van der Waals surface area contributed by atoms with Gasteiger partial charge >= 0.3 is 0 Å². The number of aromatic nitrogens is 4. The van der Waals surface area contributed by atoms with E-state index in [1.165, 1.54) is 0 Å². The molecule has 2 N–H and O–H groups in total. The molecule has 3 heterocycles. The van der Waals surface area contributed by atoms with Gasteiger partial charge in [-0.1, -0.05) is 12.7 Å². The van der Waals surface area contributed by atoms with E-state index in [4.69, 9.17) is 9.47 Å². The van der Waals surface area contributed by atoms with Crippen LogP contribution in [0.3, 0.4) is 0 Å². The zero-order valence-corrected chi connectivity index (χ0v) is 16.5. The number of H-pyrrole nitrogens is 1. The van der Waals surface area contributed by atoms with Crippen molar-refractivity contribution in [1.29, 1.82) is 0 Å². The van der Waals surface area contributed by atoms with E-state index in [0.717, 1.165) is 47.7 Å². The van der Waals surface area contributed by atoms with Crippen LogP contribution >= 0.6 is 0 Å². The van der Waals surface area contributed by atoms with Crippen molar-refractivity contribution in [2.75, 3.05) is 24.6 Å². The van der Waals surface area contributed by atoms with Gasteiger partial charge in [0.05, 0.1) is 36.2 Å². The van der Waals surface area contributed by atoms with Gasteiger partial charge in [0.15, 0.2) is 0 Å². The van der Waals surface area contributed by atoms with E-state index in [-0.39, 0.29) is 17.5 Å². The molecule has 2 aromatic heterocycles. The average molecular weight is 395 g/mol. The highest BCUT2D eigenvalue weighted by Crippen LogP contribution is 2.41. The van der Waals surface area contributed by atoms with E-state index >= 15 is 0 Å². The molecule has 1 saturated carbocycles. The molecule has 1 unspecified atom stereocenters. The molecular weight excluding hydrogens is 370 g/mol. The zero-order valence-electron chi connectivity index (χ0n) is 16.5. The first-order valence-electron chi connectivity index (χ1n) is 10.0. The molecule has 0 amide bonds. The molecule has 3 aliphatic rings. The van der Waals surface area contributed by atoms with Crippen molar-refractivity contribution < 1.29 is 14.6 Å². The van der Waals surface area contributed by atoms with Crippen LogP contribution in [-0.4, -0.2) is 62.8 Å². The van der Waals surface area contributed by atoms with Gasteiger partial charge in [0.1, 0.15) is 29.7 Å². The number of aliphatic hydroxyl groups is 1. The average Bonchev–Trinajstić information content (AvgIpc) is 3.31. The van der Waals surface area contributed by atoms with Crippen LogP contribution in [0, 0.1) is 0 Å². The maximum absolute atomic E-state index is 9.68. The lowest BCUT2D eigenvalue weighted by Gasteiger charge is -2.33. The fourth-order valence-electron chi connectivity index (χ4n) is 3.86. The third-order valence-corrected chi connectivity index (χ3v) is 5.83. The Bertz CT molecular complexity index is 965. The normalized spacial score (nSPS) is 24.9. The summed E-state index contributed by atoms with van der Waals surface area (Å²) < 4.78 is 11.8. The Labute approximate surface area is 169 Å². The highest BCUT2D eigenvalue weighted by molar-refractivity contribution is 5.69. The Kier molecular flexibility index (Phi) is 4.40. The number of nitrogens with zero attached hydrogens (tertiary/aromatic N) is 4. The summed E-state index contributed by atoms with van der Waals surface area (Å²) in [6, 6.07) is 1.94. The predicted molar refractivity (Wildman–Crippen MR) is 109 cm³/mol. The molecule has 5 rings (SSSR count). The number of morpholine rings is 1. The molecule has 1 saturated heterocycles. The molecule has 0 aromatic carbocycles. The van der Waals surface area contributed by atoms with Gasteiger partial charge in [-0.2, -0.15) is 5.10 Å². The summed E-state index contributed by atoms with van der Waals surface area (Å²) in [5.74, 6) is 0.818. The van der Waals surface area contributed by atoms with Crippen LogP contribution in [0.2, 0.25) is 0 Å². The van der Waals surface area contributed by atoms with Crippen molar-refractivity contribution in [3.8, 4) is 11.4 Å². The minimum Gasteiger partial charge on any atom is -0.510 e. The molecule has 0 bridgehead atoms. The van der Waals surface area contributed by atoms with Gasteiger partial charge in [0.25, 0.3) is 0 Å². The lowest BCUT2D eigenvalue weighted by atomic mass is 9.98. The Hall–Kier alpha value is -2.71. The quantitative estimate of drug-likeness (QED) is 0.751. The number of hydrogen-bond acceptors (Lipinski definition) is 7. The van der Waals surface area contributed by atoms with Crippen molar-refractivity contribution in [3.63, 3.8) is 0 Å². The minimum atomic E-state index is -0.410. The molecule has 2 fully saturated rings. The van der Waals surface area contributed by atoms with E-state index < -0.39 is 6.10 Å². The second-order valence-corrected chi connectivity index (χ2v) is 8.19. The number of aliphatic hydroxyl groups excluding tert-OH is 1. The third kappa shape index (κ3) is 3.65. The van der Waals surface area contributed by atoms with E-state index in [1.54, 1.807) is 6.33 Å². The molecular formula is C21H25N5O3. The van der Waals surface area contributed by atoms with Crippen LogP contribution in [0.4, 0.5) is 5.82 Å². The molecule has 2 atom stereocenters. The highest BCUT2D eigenvalue weighted by atomic mass is 16.5. The van der Waals surface area contributed by atoms with Crippen LogP contribution in [0.25, 0.3) is 17.5 Å². The molecule has 2 aliphatic carbocycles. The number of hydrogen-bond donors (Lipinski definition) is 2. The Morgan fingerprint density at radius 1 is 1.41 bits per heavy atom. The molecule has 0 spiro atoms. The summed E-state index contributed by atoms with van der Waals surface area (Å²) in [4.78, 5) is 11.0. The van der Waals surface area contributed by atoms with Crippen LogP contribution in [-0.2, 0) is 15.9 Å². The van der Waals surface area contributed by atoms with Gasteiger partial charge in [-0.25, -0.2) is 9.97 Å². The Balaban J connectivity index is 1.39. The van der Waals surface area contributed by atoms with Crippen LogP contribution in [0.5, 0.6) is 0 Å². The molecule has 152 valence electrons. The predicted octanol–water partition coefficient (Wildman–Crippen LogP) is 2.65. The summed E-state index contributed by atoms with van der Waals surface area (Å²) in [7, 11) is 0. The molecule has 0 radical (unpaired) electrons. The van der Waals surface area contributed by atoms with Crippen LogP contribution in [0.15, 0.2) is 30.8 Å². The first kappa shape index (κ1) is 18.3. The second kappa shape index (κ2) is 6.96. The fourth-order valence-corrected chi connectivity index (χ4v) is 3.86. The van der Waals surface area contributed by atoms with Gasteiger partial charge in [0, 0.05) is 24.6 Å². The number of nitrogens with one attached hydrogen (secondary N) is 1. The smallest absolute Gasteiger partial charge is 0.132 e. The monoisotopic (exact) mass is 395 g/mol. The Morgan fingerprint density at radius 3 is 3.07 bits per heavy atom. The van der Waals surface area contributed by atoms with E-state index in [9.17, 15) is 5.11 Å². The molecule has 8 heteroatoms. The summed E-state index contributed by atoms with van der Waals surface area (Å²) in [5.41, 5.74) is 3.75. The zero-order chi connectivity index (χ0) is 20.0. The standard InChI is InChI=1S/C21H25N5O3/c1-13(27)18-11-26(7-8-28-18)19-10-17(22-12-23-19)20-15-9-14(29-21(2)5-6-21)3-4-16(15)24-25-20/h3-4,10,12,14,18,27H,1,5-9,11H2,2H3,(H,24,25)/t14?,18-/m1/s1. The summed E-state index contributed by atoms with van der Waals surface area (Å²) in [5, 5.41) is 17.3. The van der Waals surface area contributed by atoms with Gasteiger partial charge in [-0.15, -0.1) is 0 Å². The topological polar surface area (TPSA) is 96.4 Å². The summed E-state index contributed by atoms with van der Waals surface area (Å²) in [6.07, 6.45) is 8.38. The van der Waals surface area contributed by atoms with Gasteiger partial charge in [-0.3, -0.25) is 5.10 Å². The lowest BCUT2D eigenvalue weighted by molar-refractivity contribution is 0.00641. The van der Waals surface area contributed by atoms with Crippen molar-refractivity contribution in [2.24, 2.45) is 0 Å². The number of fused-ring (bicyclic) bond motifs is 1. The molecule has 1 aliphatic heterocycles. The first-order valence-corrected chi connectivity index (χ1v) is 10.0. The van der Waals surface area contributed by atoms with Gasteiger partial charge < -0.3 is 19.5 Å². The maximum Gasteiger partial charge on any atom is 0.132 e. The molecule has 8 nitrogen and oxygen atoms in total. The lowest BCUT2D eigenvalue weighted by Crippen LogP contribution is -2.43. The van der Waals surface area contributed by atoms with Crippen molar-refractivity contribution in [3.05, 3.63) is 42.1 Å². The van der Waals surface area contributed by atoms with E-state index in [1.807, 2.05) is 12.1 Å². The third-order valence-electron chi connectivity index (χ3n) is 5.83. The number of rotatable bonds is 5. The van der Waals surface area contributed by atoms with Gasteiger partial charge in [0.2, 0.25) is 0 Å². The van der Waals surface area contributed by atoms with E-state index in [2.05, 4.69) is 44.6 Å². The van der Waals surface area contributed by atoms with Crippen molar-refractivity contribution >= 4 is 11.9 Å². The van der Waals surface area contributed by atoms with E-state index in [0.29, 0.717) is 19.7 Å². The SMILES string of the molecule is C=C(O)[C@H]1CN(c2cc(-c3n[nH]c4c3CC(OC3(C)CC3)C=C4)ncn2)CCO1. The van der Waals surface area contributed by atoms with Crippen molar-refractivity contribution in [1.82, 2.24) is 20.2 Å². The fraction of sp³-hybridized carbons (Fsp3) is 0.476. The molecule has 2 aromatic rings. The summed E-state index contributed by atoms with van der Waals surface area (Å²) in [6.45, 7) is 7.45. The maximum atomic E-state index is 9.68. The second-order valence-electron chi connectivity index (χ2n) is 8.19. The summed E-state index contributed by atoms with van der Waals surface area (Å²) >= 11 is 0. The van der Waals surface area contributed by atoms with Crippen LogP contribution in [0.1, 0.15) is 31.0 Å². The first-order chi connectivity index (χ1) is 14.0. The van der Waals surface area contributed by atoms with Crippen LogP contribution < -0.4 is 4.90 Å². The Morgan fingerprint density at radius 2 is 2.28 bits per heavy atom. The number of aromatic amines is 1. The number of ether oxygens (including phenoxy) is 2. The van der Waals surface area contributed by atoms with Crippen molar-refractivity contribution in [2.45, 2.75) is 44.0 Å². The highest BCUT2D eigenvalue weighted by Gasteiger charge is 2.41.